The second-order valence-corrected chi connectivity index (χ2v) is 8.33. The Morgan fingerprint density at radius 2 is 1.32 bits per heavy atom. The van der Waals surface area contributed by atoms with Gasteiger partial charge in [-0.2, -0.15) is 0 Å². The normalized spacial score (nSPS) is 13.7. The van der Waals surface area contributed by atoms with Crippen LogP contribution >= 0.6 is 0 Å². The third-order valence-corrected chi connectivity index (χ3v) is 4.98. The Bertz CT molecular complexity index is 853. The number of carbonyl (C=O) groups excluding carboxylic acids is 6. The minimum atomic E-state index is -1.55. The number of hydrogen-bond acceptors (Lipinski definition) is 10. The molecule has 6 amide bonds. The summed E-state index contributed by atoms with van der Waals surface area (Å²) in [6.45, 7) is -0.407. The molecule has 0 aliphatic rings. The minimum Gasteiger partial charge on any atom is -0.480 e. The summed E-state index contributed by atoms with van der Waals surface area (Å²) in [6, 6.07) is -4.94. The first kappa shape index (κ1) is 34.2. The standard InChI is InChI=1S/C21H38N8O9/c1-11(23)18(35)27-12(4-2-3-7-22)20(37)29-14(10-30)21(38)28-13(5-6-15(24)31)19(36)26-8-16(32)25-9-17(33)34/h11-14,30H,2-10,22-23H2,1H3,(H2,24,31)(H,25,32)(H,26,36)(H,27,35)(H,28,38)(H,29,37)(H,33,34). The van der Waals surface area contributed by atoms with Crippen LogP contribution < -0.4 is 43.8 Å². The monoisotopic (exact) mass is 546 g/mol. The minimum absolute atomic E-state index is 0.175. The molecule has 0 aromatic carbocycles. The highest BCUT2D eigenvalue weighted by Crippen LogP contribution is 2.03. The number of aliphatic hydroxyl groups is 1. The highest BCUT2D eigenvalue weighted by Gasteiger charge is 2.30. The summed E-state index contributed by atoms with van der Waals surface area (Å²) in [5, 5.41) is 29.5. The average molecular weight is 547 g/mol. The number of primary amides is 1. The molecule has 216 valence electrons. The van der Waals surface area contributed by atoms with E-state index in [0.29, 0.717) is 19.4 Å². The molecule has 0 spiro atoms. The smallest absolute Gasteiger partial charge is 0.322 e. The summed E-state index contributed by atoms with van der Waals surface area (Å²) in [5.74, 6) is -6.22. The number of carboxylic acid groups (broad SMARTS) is 1. The molecule has 0 aromatic heterocycles. The van der Waals surface area contributed by atoms with Gasteiger partial charge in [-0.3, -0.25) is 33.6 Å². The molecular weight excluding hydrogens is 508 g/mol. The first-order chi connectivity index (χ1) is 17.8. The van der Waals surface area contributed by atoms with E-state index in [1.54, 1.807) is 0 Å². The molecule has 0 rings (SSSR count). The molecule has 4 atom stereocenters. The van der Waals surface area contributed by atoms with Crippen LogP contribution in [0, 0.1) is 0 Å². The number of nitrogens with two attached hydrogens (primary N) is 3. The van der Waals surface area contributed by atoms with Gasteiger partial charge in [0.1, 0.15) is 24.7 Å². The van der Waals surface area contributed by atoms with E-state index < -0.39 is 85.3 Å². The van der Waals surface area contributed by atoms with E-state index in [1.165, 1.54) is 6.92 Å². The lowest BCUT2D eigenvalue weighted by Gasteiger charge is -2.24. The van der Waals surface area contributed by atoms with Crippen LogP contribution in [0.3, 0.4) is 0 Å². The van der Waals surface area contributed by atoms with Crippen LogP contribution in [-0.2, 0) is 33.6 Å². The van der Waals surface area contributed by atoms with E-state index in [2.05, 4.69) is 21.3 Å². The predicted octanol–water partition coefficient (Wildman–Crippen LogP) is -5.51. The first-order valence-electron chi connectivity index (χ1n) is 11.8. The zero-order valence-electron chi connectivity index (χ0n) is 21.2. The molecule has 0 saturated carbocycles. The van der Waals surface area contributed by atoms with Crippen molar-refractivity contribution in [1.82, 2.24) is 26.6 Å². The fourth-order valence-electron chi connectivity index (χ4n) is 2.89. The molecule has 38 heavy (non-hydrogen) atoms. The van der Waals surface area contributed by atoms with Gasteiger partial charge < -0.3 is 54.0 Å². The van der Waals surface area contributed by atoms with Gasteiger partial charge in [0.2, 0.25) is 35.4 Å². The SMILES string of the molecule is CC(N)C(=O)NC(CCCCN)C(=O)NC(CO)C(=O)NC(CCC(N)=O)C(=O)NCC(=O)NCC(=O)O. The van der Waals surface area contributed by atoms with Gasteiger partial charge in [0.05, 0.1) is 19.2 Å². The summed E-state index contributed by atoms with van der Waals surface area (Å²) in [5.41, 5.74) is 16.1. The molecular formula is C21H38N8O9. The molecule has 17 nitrogen and oxygen atoms in total. The quantitative estimate of drug-likeness (QED) is 0.0681. The second-order valence-electron chi connectivity index (χ2n) is 8.33. The molecule has 17 heteroatoms. The van der Waals surface area contributed by atoms with Crippen molar-refractivity contribution in [3.63, 3.8) is 0 Å². The van der Waals surface area contributed by atoms with Gasteiger partial charge in [-0.15, -0.1) is 0 Å². The molecule has 0 heterocycles. The van der Waals surface area contributed by atoms with Crippen LogP contribution in [0.25, 0.3) is 0 Å². The molecule has 13 N–H and O–H groups in total. The molecule has 0 fully saturated rings. The van der Waals surface area contributed by atoms with Crippen LogP contribution in [0.1, 0.15) is 39.0 Å². The molecule has 0 aliphatic carbocycles. The summed E-state index contributed by atoms with van der Waals surface area (Å²) in [6.07, 6.45) is 0.606. The zero-order chi connectivity index (χ0) is 29.3. The van der Waals surface area contributed by atoms with Crippen LogP contribution in [0.2, 0.25) is 0 Å². The van der Waals surface area contributed by atoms with Crippen molar-refractivity contribution >= 4 is 41.4 Å². The van der Waals surface area contributed by atoms with Crippen LogP contribution in [0.4, 0.5) is 0 Å². The second kappa shape index (κ2) is 18.4. The number of aliphatic carboxylic acids is 1. The Morgan fingerprint density at radius 3 is 1.84 bits per heavy atom. The third kappa shape index (κ3) is 14.7. The van der Waals surface area contributed by atoms with Crippen molar-refractivity contribution in [2.24, 2.45) is 17.2 Å². The molecule has 0 radical (unpaired) electrons. The van der Waals surface area contributed by atoms with Gasteiger partial charge in [0, 0.05) is 6.42 Å². The molecule has 0 bridgehead atoms. The van der Waals surface area contributed by atoms with E-state index in [0.717, 1.165) is 0 Å². The molecule has 4 unspecified atom stereocenters. The summed E-state index contributed by atoms with van der Waals surface area (Å²) in [7, 11) is 0. The highest BCUT2D eigenvalue weighted by atomic mass is 16.4. The lowest BCUT2D eigenvalue weighted by Crippen LogP contribution is -2.58. The third-order valence-electron chi connectivity index (χ3n) is 4.98. The number of amides is 6. The Morgan fingerprint density at radius 1 is 0.763 bits per heavy atom. The Labute approximate surface area is 219 Å². The van der Waals surface area contributed by atoms with Gasteiger partial charge in [-0.25, -0.2) is 0 Å². The largest absolute Gasteiger partial charge is 0.480 e. The molecule has 0 aromatic rings. The maximum atomic E-state index is 12.8. The number of unbranched alkanes of at least 4 members (excludes halogenated alkanes) is 1. The van der Waals surface area contributed by atoms with Crippen molar-refractivity contribution < 1.29 is 43.8 Å². The molecule has 0 aliphatic heterocycles. The van der Waals surface area contributed by atoms with E-state index in [-0.39, 0.29) is 19.3 Å². The number of hydrogen-bond donors (Lipinski definition) is 10. The fourth-order valence-corrected chi connectivity index (χ4v) is 2.89. The zero-order valence-corrected chi connectivity index (χ0v) is 21.2. The topological polar surface area (TPSA) is 298 Å². The van der Waals surface area contributed by atoms with Crippen molar-refractivity contribution in [1.29, 1.82) is 0 Å². The van der Waals surface area contributed by atoms with Gasteiger partial charge in [-0.05, 0) is 39.2 Å². The number of aliphatic hydroxyl groups excluding tert-OH is 1. The van der Waals surface area contributed by atoms with Gasteiger partial charge in [-0.1, -0.05) is 0 Å². The van der Waals surface area contributed by atoms with Gasteiger partial charge in [0.15, 0.2) is 0 Å². The van der Waals surface area contributed by atoms with Crippen molar-refractivity contribution in [3.8, 4) is 0 Å². The average Bonchev–Trinajstić information content (AvgIpc) is 2.85. The van der Waals surface area contributed by atoms with Crippen LogP contribution in [0.5, 0.6) is 0 Å². The number of carbonyl (C=O) groups is 7. The van der Waals surface area contributed by atoms with Crippen molar-refractivity contribution in [2.45, 2.75) is 63.2 Å². The summed E-state index contributed by atoms with van der Waals surface area (Å²) in [4.78, 5) is 83.4. The van der Waals surface area contributed by atoms with Gasteiger partial charge in [0.25, 0.3) is 0 Å². The van der Waals surface area contributed by atoms with E-state index in [4.69, 9.17) is 22.3 Å². The number of nitrogens with one attached hydrogen (secondary N) is 5. The maximum absolute atomic E-state index is 12.8. The van der Waals surface area contributed by atoms with E-state index in [1.807, 2.05) is 5.32 Å². The Hall–Kier alpha value is -3.83. The number of carboxylic acids is 1. The lowest BCUT2D eigenvalue weighted by atomic mass is 10.1. The predicted molar refractivity (Wildman–Crippen MR) is 132 cm³/mol. The van der Waals surface area contributed by atoms with Crippen molar-refractivity contribution in [2.75, 3.05) is 26.2 Å². The first-order valence-corrected chi connectivity index (χ1v) is 11.8. The van der Waals surface area contributed by atoms with Crippen molar-refractivity contribution in [3.05, 3.63) is 0 Å². The Kier molecular flexibility index (Phi) is 16.6. The molecule has 0 saturated heterocycles. The van der Waals surface area contributed by atoms with E-state index in [9.17, 15) is 38.7 Å². The van der Waals surface area contributed by atoms with Crippen LogP contribution in [0.15, 0.2) is 0 Å². The van der Waals surface area contributed by atoms with Crippen LogP contribution in [-0.4, -0.2) is 102 Å². The summed E-state index contributed by atoms with van der Waals surface area (Å²) >= 11 is 0. The fraction of sp³-hybridized carbons (Fsp3) is 0.667. The lowest BCUT2D eigenvalue weighted by molar-refractivity contribution is -0.138. The van der Waals surface area contributed by atoms with E-state index >= 15 is 0 Å². The Balaban J connectivity index is 5.35. The highest BCUT2D eigenvalue weighted by molar-refractivity contribution is 5.95. The maximum Gasteiger partial charge on any atom is 0.322 e. The number of rotatable bonds is 19. The summed E-state index contributed by atoms with van der Waals surface area (Å²) < 4.78 is 0. The van der Waals surface area contributed by atoms with Gasteiger partial charge >= 0.3 is 5.97 Å².